The first kappa shape index (κ1) is 14.5. The van der Waals surface area contributed by atoms with Crippen LogP contribution in [0.25, 0.3) is 10.6 Å². The van der Waals surface area contributed by atoms with Crippen molar-refractivity contribution >= 4 is 17.2 Å². The average molecular weight is 331 g/mol. The van der Waals surface area contributed by atoms with Gasteiger partial charge in [-0.25, -0.2) is 4.98 Å². The minimum Gasteiger partial charge on any atom is -0.454 e. The van der Waals surface area contributed by atoms with Gasteiger partial charge in [-0.2, -0.15) is 0 Å². The number of rotatable bonds is 3. The van der Waals surface area contributed by atoms with Crippen LogP contribution in [0.1, 0.15) is 23.3 Å². The molecule has 6 nitrogen and oxygen atoms in total. The van der Waals surface area contributed by atoms with E-state index < -0.39 is 0 Å². The van der Waals surface area contributed by atoms with Crippen molar-refractivity contribution in [3.05, 3.63) is 29.3 Å². The number of carbonyl (C=O) groups is 1. The molecule has 2 N–H and O–H groups in total. The zero-order valence-corrected chi connectivity index (χ0v) is 13.3. The molecule has 2 aliphatic rings. The molecule has 1 atom stereocenters. The van der Waals surface area contributed by atoms with Gasteiger partial charge < -0.3 is 20.1 Å². The van der Waals surface area contributed by atoms with E-state index in [-0.39, 0.29) is 18.7 Å². The number of fused-ring (bicyclic) bond motifs is 1. The van der Waals surface area contributed by atoms with Crippen LogP contribution in [0.15, 0.2) is 23.6 Å². The molecule has 0 bridgehead atoms. The van der Waals surface area contributed by atoms with E-state index in [0.717, 1.165) is 35.7 Å². The summed E-state index contributed by atoms with van der Waals surface area (Å²) in [4.78, 5) is 19.0. The van der Waals surface area contributed by atoms with Crippen molar-refractivity contribution < 1.29 is 14.3 Å². The van der Waals surface area contributed by atoms with E-state index in [4.69, 9.17) is 15.2 Å². The van der Waals surface area contributed by atoms with Crippen LogP contribution < -0.4 is 15.2 Å². The van der Waals surface area contributed by atoms with Gasteiger partial charge in [-0.3, -0.25) is 4.79 Å². The predicted octanol–water partition coefficient (Wildman–Crippen LogP) is 2.10. The van der Waals surface area contributed by atoms with Crippen LogP contribution in [-0.4, -0.2) is 41.7 Å². The normalized spacial score (nSPS) is 19.3. The van der Waals surface area contributed by atoms with E-state index in [2.05, 4.69) is 4.98 Å². The molecule has 2 aromatic rings. The largest absolute Gasteiger partial charge is 0.454 e. The summed E-state index contributed by atoms with van der Waals surface area (Å²) in [6.07, 6.45) is 1.98. The lowest BCUT2D eigenvalue weighted by Gasteiger charge is -2.22. The fourth-order valence-electron chi connectivity index (χ4n) is 3.03. The van der Waals surface area contributed by atoms with Crippen LogP contribution >= 0.6 is 11.3 Å². The minimum atomic E-state index is -0.0267. The van der Waals surface area contributed by atoms with Crippen LogP contribution in [-0.2, 0) is 0 Å². The summed E-state index contributed by atoms with van der Waals surface area (Å²) in [5.41, 5.74) is 7.17. The van der Waals surface area contributed by atoms with E-state index >= 15 is 0 Å². The van der Waals surface area contributed by atoms with Crippen LogP contribution in [0.3, 0.4) is 0 Å². The molecular formula is C16H17N3O3S. The molecule has 1 saturated heterocycles. The summed E-state index contributed by atoms with van der Waals surface area (Å²) in [7, 11) is 0. The lowest BCUT2D eigenvalue weighted by Crippen LogP contribution is -2.40. The molecule has 0 aliphatic carbocycles. The highest BCUT2D eigenvalue weighted by Crippen LogP contribution is 2.36. The molecule has 1 aromatic heterocycles. The van der Waals surface area contributed by atoms with E-state index in [1.165, 1.54) is 11.3 Å². The number of ether oxygens (including phenoxy) is 2. The minimum absolute atomic E-state index is 0.0267. The molecule has 120 valence electrons. The van der Waals surface area contributed by atoms with Gasteiger partial charge in [0.05, 0.1) is 0 Å². The molecule has 2 aliphatic heterocycles. The Labute approximate surface area is 137 Å². The zero-order chi connectivity index (χ0) is 15.8. The fraction of sp³-hybridized carbons (Fsp3) is 0.375. The van der Waals surface area contributed by atoms with Gasteiger partial charge in [0.1, 0.15) is 10.7 Å². The lowest BCUT2D eigenvalue weighted by atomic mass is 10.2. The Kier molecular flexibility index (Phi) is 3.66. The van der Waals surface area contributed by atoms with E-state index in [1.807, 2.05) is 28.5 Å². The first-order valence-electron chi connectivity index (χ1n) is 7.63. The molecule has 1 aromatic carbocycles. The summed E-state index contributed by atoms with van der Waals surface area (Å²) >= 11 is 1.46. The van der Waals surface area contributed by atoms with Gasteiger partial charge in [-0.05, 0) is 31.0 Å². The summed E-state index contributed by atoms with van der Waals surface area (Å²) in [6, 6.07) is 5.83. The Morgan fingerprint density at radius 1 is 1.39 bits per heavy atom. The summed E-state index contributed by atoms with van der Waals surface area (Å²) in [5.74, 6) is 1.43. The first-order chi connectivity index (χ1) is 11.3. The number of likely N-dealkylation sites (tertiary alicyclic amines) is 1. The quantitative estimate of drug-likeness (QED) is 0.932. The van der Waals surface area contributed by atoms with Crippen LogP contribution in [0.4, 0.5) is 0 Å². The highest BCUT2D eigenvalue weighted by Gasteiger charge is 2.29. The Bertz CT molecular complexity index is 746. The molecule has 1 amide bonds. The third-order valence-electron chi connectivity index (χ3n) is 4.25. The van der Waals surface area contributed by atoms with E-state index in [9.17, 15) is 4.79 Å². The van der Waals surface area contributed by atoms with E-state index in [1.54, 1.807) is 0 Å². The van der Waals surface area contributed by atoms with Gasteiger partial charge in [0.15, 0.2) is 11.5 Å². The Hall–Kier alpha value is -2.12. The number of carbonyl (C=O) groups excluding carboxylic acids is 1. The maximum absolute atomic E-state index is 12.6. The first-order valence-corrected chi connectivity index (χ1v) is 8.51. The summed E-state index contributed by atoms with van der Waals surface area (Å²) in [5, 5.41) is 2.61. The highest BCUT2D eigenvalue weighted by atomic mass is 32.1. The van der Waals surface area contributed by atoms with Crippen LogP contribution in [0, 0.1) is 0 Å². The van der Waals surface area contributed by atoms with Gasteiger partial charge in [-0.1, -0.05) is 0 Å². The number of benzene rings is 1. The smallest absolute Gasteiger partial charge is 0.273 e. The van der Waals surface area contributed by atoms with Crippen molar-refractivity contribution in [2.75, 3.05) is 19.9 Å². The number of aromatic nitrogens is 1. The molecule has 0 spiro atoms. The van der Waals surface area contributed by atoms with Crippen molar-refractivity contribution in [1.82, 2.24) is 9.88 Å². The number of nitrogens with two attached hydrogens (primary N) is 1. The van der Waals surface area contributed by atoms with Crippen molar-refractivity contribution in [1.29, 1.82) is 0 Å². The third kappa shape index (κ3) is 2.55. The molecular weight excluding hydrogens is 314 g/mol. The zero-order valence-electron chi connectivity index (χ0n) is 12.5. The second kappa shape index (κ2) is 5.82. The lowest BCUT2D eigenvalue weighted by molar-refractivity contribution is 0.0736. The second-order valence-corrected chi connectivity index (χ2v) is 6.49. The second-order valence-electron chi connectivity index (χ2n) is 5.64. The highest BCUT2D eigenvalue weighted by molar-refractivity contribution is 7.13. The number of amides is 1. The molecule has 3 heterocycles. The molecule has 7 heteroatoms. The summed E-state index contributed by atoms with van der Waals surface area (Å²) in [6.45, 7) is 1.51. The SMILES string of the molecule is NCC1CCCN1C(=O)c1csc(-c2ccc3c(c2)OCO3)n1. The fourth-order valence-corrected chi connectivity index (χ4v) is 3.82. The van der Waals surface area contributed by atoms with Crippen molar-refractivity contribution in [3.8, 4) is 22.1 Å². The summed E-state index contributed by atoms with van der Waals surface area (Å²) < 4.78 is 10.7. The monoisotopic (exact) mass is 331 g/mol. The number of nitrogens with zero attached hydrogens (tertiary/aromatic N) is 2. The predicted molar refractivity (Wildman–Crippen MR) is 86.8 cm³/mol. The molecule has 1 fully saturated rings. The van der Waals surface area contributed by atoms with Gasteiger partial charge in [0, 0.05) is 30.1 Å². The molecule has 0 saturated carbocycles. The van der Waals surface area contributed by atoms with Gasteiger partial charge in [-0.15, -0.1) is 11.3 Å². The van der Waals surface area contributed by atoms with Gasteiger partial charge >= 0.3 is 0 Å². The Morgan fingerprint density at radius 3 is 3.13 bits per heavy atom. The Morgan fingerprint density at radius 2 is 2.26 bits per heavy atom. The van der Waals surface area contributed by atoms with E-state index in [0.29, 0.717) is 18.0 Å². The van der Waals surface area contributed by atoms with Crippen molar-refractivity contribution in [2.24, 2.45) is 5.73 Å². The topological polar surface area (TPSA) is 77.7 Å². The van der Waals surface area contributed by atoms with Gasteiger partial charge in [0.25, 0.3) is 5.91 Å². The van der Waals surface area contributed by atoms with Crippen LogP contribution in [0.2, 0.25) is 0 Å². The molecule has 4 rings (SSSR count). The van der Waals surface area contributed by atoms with Crippen molar-refractivity contribution in [2.45, 2.75) is 18.9 Å². The van der Waals surface area contributed by atoms with Gasteiger partial charge in [0.2, 0.25) is 6.79 Å². The Balaban J connectivity index is 1.58. The maximum atomic E-state index is 12.6. The molecule has 23 heavy (non-hydrogen) atoms. The molecule has 1 unspecified atom stereocenters. The average Bonchev–Trinajstić information content (AvgIpc) is 3.32. The third-order valence-corrected chi connectivity index (χ3v) is 5.14. The van der Waals surface area contributed by atoms with Crippen LogP contribution in [0.5, 0.6) is 11.5 Å². The molecule has 0 radical (unpaired) electrons. The van der Waals surface area contributed by atoms with Crippen molar-refractivity contribution in [3.63, 3.8) is 0 Å². The standard InChI is InChI=1S/C16H17N3O3S/c17-7-11-2-1-5-19(11)16(20)12-8-23-15(18-12)10-3-4-13-14(6-10)22-9-21-13/h3-4,6,8,11H,1-2,5,7,9,17H2. The number of thiazole rings is 1. The maximum Gasteiger partial charge on any atom is 0.273 e. The number of hydrogen-bond donors (Lipinski definition) is 1. The number of hydrogen-bond acceptors (Lipinski definition) is 6.